The van der Waals surface area contributed by atoms with E-state index in [1.807, 2.05) is 0 Å². The van der Waals surface area contributed by atoms with E-state index in [9.17, 15) is 26.2 Å². The van der Waals surface area contributed by atoms with Crippen molar-refractivity contribution in [2.75, 3.05) is 6.26 Å². The summed E-state index contributed by atoms with van der Waals surface area (Å²) in [5, 5.41) is 7.55. The molecule has 1 aromatic rings. The van der Waals surface area contributed by atoms with E-state index in [1.165, 1.54) is 19.4 Å². The lowest BCUT2D eigenvalue weighted by atomic mass is 10.1. The highest BCUT2D eigenvalue weighted by molar-refractivity contribution is 7.93. The van der Waals surface area contributed by atoms with Gasteiger partial charge in [0.25, 0.3) is 0 Å². The first-order chi connectivity index (χ1) is 9.43. The molecule has 0 spiro atoms. The molecule has 0 saturated carbocycles. The van der Waals surface area contributed by atoms with E-state index in [4.69, 9.17) is 5.26 Å². The van der Waals surface area contributed by atoms with E-state index in [0.717, 1.165) is 12.3 Å². The van der Waals surface area contributed by atoms with Gasteiger partial charge in [0.05, 0.1) is 15.0 Å². The number of halogens is 5. The van der Waals surface area contributed by atoms with Crippen LogP contribution in [0.5, 0.6) is 0 Å². The van der Waals surface area contributed by atoms with E-state index in [1.54, 1.807) is 0 Å². The van der Waals surface area contributed by atoms with Gasteiger partial charge in [-0.05, 0) is 18.6 Å². The SMILES string of the molecule is CC(c1ccc(C(F)(F)C(F)(F)F)nc1)S(C)(=O)=NC#N. The van der Waals surface area contributed by atoms with Gasteiger partial charge in [-0.3, -0.25) is 4.98 Å². The Bertz CT molecular complexity index is 669. The van der Waals surface area contributed by atoms with Gasteiger partial charge in [-0.25, -0.2) is 4.21 Å². The number of nitriles is 1. The fourth-order valence-electron chi connectivity index (χ4n) is 1.39. The quantitative estimate of drug-likeness (QED) is 0.631. The third-order valence-electron chi connectivity index (χ3n) is 2.81. The van der Waals surface area contributed by atoms with Crippen molar-refractivity contribution in [2.45, 2.75) is 24.3 Å². The monoisotopic (exact) mass is 327 g/mol. The summed E-state index contributed by atoms with van der Waals surface area (Å²) in [5.41, 5.74) is -1.31. The number of alkyl halides is 5. The van der Waals surface area contributed by atoms with E-state index >= 15 is 0 Å². The Hall–Kier alpha value is -1.76. The van der Waals surface area contributed by atoms with Crippen molar-refractivity contribution in [3.8, 4) is 6.19 Å². The Balaban J connectivity index is 3.19. The summed E-state index contributed by atoms with van der Waals surface area (Å²) in [6.07, 6.45) is -2.42. The number of nitrogens with zero attached hydrogens (tertiary/aromatic N) is 3. The molecule has 2 unspecified atom stereocenters. The van der Waals surface area contributed by atoms with Crippen LogP contribution in [0.3, 0.4) is 0 Å². The average molecular weight is 327 g/mol. The predicted octanol–water partition coefficient (Wildman–Crippen LogP) is 3.38. The zero-order chi connectivity index (χ0) is 16.5. The fraction of sp³-hybridized carbons (Fsp3) is 0.455. The fourth-order valence-corrected chi connectivity index (χ4v) is 2.35. The highest BCUT2D eigenvalue weighted by atomic mass is 32.2. The van der Waals surface area contributed by atoms with E-state index < -0.39 is 32.8 Å². The first-order valence-electron chi connectivity index (χ1n) is 5.43. The molecule has 1 heterocycles. The van der Waals surface area contributed by atoms with E-state index in [-0.39, 0.29) is 5.56 Å². The third kappa shape index (κ3) is 3.47. The van der Waals surface area contributed by atoms with Crippen LogP contribution in [0.2, 0.25) is 0 Å². The van der Waals surface area contributed by atoms with Crippen LogP contribution in [0.4, 0.5) is 22.0 Å². The van der Waals surface area contributed by atoms with Crippen molar-refractivity contribution < 1.29 is 26.2 Å². The first kappa shape index (κ1) is 17.3. The lowest BCUT2D eigenvalue weighted by molar-refractivity contribution is -0.290. The lowest BCUT2D eigenvalue weighted by Gasteiger charge is -2.19. The third-order valence-corrected chi connectivity index (χ3v) is 4.84. The Morgan fingerprint density at radius 3 is 2.29 bits per heavy atom. The molecule has 0 radical (unpaired) electrons. The number of rotatable bonds is 3. The second-order valence-corrected chi connectivity index (χ2v) is 6.86. The average Bonchev–Trinajstić information content (AvgIpc) is 2.36. The van der Waals surface area contributed by atoms with Gasteiger partial charge in [-0.2, -0.15) is 27.2 Å². The van der Waals surface area contributed by atoms with E-state index in [0.29, 0.717) is 6.07 Å². The molecule has 0 fully saturated rings. The van der Waals surface area contributed by atoms with Crippen LogP contribution >= 0.6 is 0 Å². The molecule has 0 amide bonds. The second-order valence-electron chi connectivity index (χ2n) is 4.24. The summed E-state index contributed by atoms with van der Waals surface area (Å²) < 4.78 is 77.8. The van der Waals surface area contributed by atoms with Crippen LogP contribution in [-0.4, -0.2) is 21.6 Å². The zero-order valence-corrected chi connectivity index (χ0v) is 11.7. The molecule has 1 aromatic heterocycles. The van der Waals surface area contributed by atoms with Crippen molar-refractivity contribution in [1.82, 2.24) is 4.98 Å². The molecule has 0 N–H and O–H groups in total. The summed E-state index contributed by atoms with van der Waals surface area (Å²) in [5.74, 6) is -5.07. The van der Waals surface area contributed by atoms with Crippen molar-refractivity contribution in [2.24, 2.45) is 4.36 Å². The summed E-state index contributed by atoms with van der Waals surface area (Å²) in [4.78, 5) is 3.09. The van der Waals surface area contributed by atoms with Gasteiger partial charge >= 0.3 is 12.1 Å². The molecule has 4 nitrogen and oxygen atoms in total. The Morgan fingerprint density at radius 1 is 1.33 bits per heavy atom. The molecular formula is C11H10F5N3OS. The minimum atomic E-state index is -5.75. The predicted molar refractivity (Wildman–Crippen MR) is 64.7 cm³/mol. The number of hydrogen-bond donors (Lipinski definition) is 0. The van der Waals surface area contributed by atoms with Crippen LogP contribution in [0, 0.1) is 11.5 Å². The smallest absolute Gasteiger partial charge is 0.254 e. The van der Waals surface area contributed by atoms with Gasteiger partial charge in [0.1, 0.15) is 5.69 Å². The van der Waals surface area contributed by atoms with Gasteiger partial charge in [-0.15, -0.1) is 4.36 Å². The Kier molecular flexibility index (Phi) is 4.57. The Labute approximate surface area is 117 Å². The molecule has 0 bridgehead atoms. The van der Waals surface area contributed by atoms with Gasteiger partial charge in [0.2, 0.25) is 6.19 Å². The van der Waals surface area contributed by atoms with Crippen LogP contribution in [-0.2, 0) is 15.7 Å². The molecule has 0 aliphatic rings. The van der Waals surface area contributed by atoms with Crippen LogP contribution in [0.15, 0.2) is 22.7 Å². The molecule has 116 valence electrons. The molecule has 2 atom stereocenters. The normalized spacial score (nSPS) is 16.7. The van der Waals surface area contributed by atoms with Crippen LogP contribution in [0.25, 0.3) is 0 Å². The molecule has 1 rings (SSSR count). The van der Waals surface area contributed by atoms with Crippen molar-refractivity contribution in [1.29, 1.82) is 5.26 Å². The summed E-state index contributed by atoms with van der Waals surface area (Å²) in [7, 11) is -2.98. The van der Waals surface area contributed by atoms with Gasteiger partial charge in [-0.1, -0.05) is 6.07 Å². The summed E-state index contributed by atoms with van der Waals surface area (Å²) in [6, 6.07) is 1.48. The molecule has 0 aromatic carbocycles. The summed E-state index contributed by atoms with van der Waals surface area (Å²) in [6.45, 7) is 1.40. The molecule has 0 aliphatic heterocycles. The first-order valence-corrected chi connectivity index (χ1v) is 7.42. The maximum Gasteiger partial charge on any atom is 0.459 e. The molecule has 21 heavy (non-hydrogen) atoms. The standard InChI is InChI=1S/C11H10F5N3OS/c1-7(21(2,20)19-6-17)8-3-4-9(18-5-8)10(12,13)11(14,15)16/h3-5,7H,1-2H3. The number of hydrogen-bond acceptors (Lipinski definition) is 4. The number of pyridine rings is 1. The van der Waals surface area contributed by atoms with Crippen molar-refractivity contribution in [3.05, 3.63) is 29.6 Å². The lowest BCUT2D eigenvalue weighted by Crippen LogP contribution is -2.34. The minimum Gasteiger partial charge on any atom is -0.254 e. The van der Waals surface area contributed by atoms with Gasteiger partial charge < -0.3 is 0 Å². The highest BCUT2D eigenvalue weighted by Crippen LogP contribution is 2.43. The summed E-state index contributed by atoms with van der Waals surface area (Å²) >= 11 is 0. The van der Waals surface area contributed by atoms with Crippen LogP contribution in [0.1, 0.15) is 23.4 Å². The maximum absolute atomic E-state index is 13.0. The zero-order valence-electron chi connectivity index (χ0n) is 10.9. The van der Waals surface area contributed by atoms with Gasteiger partial charge in [0, 0.05) is 12.5 Å². The van der Waals surface area contributed by atoms with E-state index in [2.05, 4.69) is 9.35 Å². The molecule has 0 aliphatic carbocycles. The van der Waals surface area contributed by atoms with Crippen molar-refractivity contribution >= 4 is 9.73 Å². The molecular weight excluding hydrogens is 317 g/mol. The Morgan fingerprint density at radius 2 is 1.90 bits per heavy atom. The number of aromatic nitrogens is 1. The minimum absolute atomic E-state index is 0.142. The maximum atomic E-state index is 13.0. The second kappa shape index (κ2) is 5.55. The molecule has 0 saturated heterocycles. The van der Waals surface area contributed by atoms with Gasteiger partial charge in [0.15, 0.2) is 0 Å². The van der Waals surface area contributed by atoms with Crippen LogP contribution < -0.4 is 0 Å². The largest absolute Gasteiger partial charge is 0.459 e. The topological polar surface area (TPSA) is 66.1 Å². The van der Waals surface area contributed by atoms with Crippen molar-refractivity contribution in [3.63, 3.8) is 0 Å². The highest BCUT2D eigenvalue weighted by Gasteiger charge is 2.59. The molecule has 10 heteroatoms.